The maximum atomic E-state index is 12.3. The van der Waals surface area contributed by atoms with Crippen molar-refractivity contribution in [3.63, 3.8) is 0 Å². The molecule has 0 atom stereocenters. The first kappa shape index (κ1) is 15.9. The molecule has 2 N–H and O–H groups in total. The predicted molar refractivity (Wildman–Crippen MR) is 93.6 cm³/mol. The molecule has 0 spiro atoms. The minimum Gasteiger partial charge on any atom is -0.459 e. The number of hydrogen-bond acceptors (Lipinski definition) is 5. The van der Waals surface area contributed by atoms with Gasteiger partial charge in [-0.2, -0.15) is 0 Å². The minimum atomic E-state index is -0.255. The number of carbonyl (C=O) groups excluding carboxylic acids is 1. The van der Waals surface area contributed by atoms with Crippen LogP contribution in [0.1, 0.15) is 21.9 Å². The lowest BCUT2D eigenvalue weighted by Gasteiger charge is -2.25. The van der Waals surface area contributed by atoms with Gasteiger partial charge in [-0.05, 0) is 31.2 Å². The highest BCUT2D eigenvalue weighted by molar-refractivity contribution is 6.03. The molecule has 3 aromatic rings. The van der Waals surface area contributed by atoms with Gasteiger partial charge in [-0.1, -0.05) is 0 Å². The summed E-state index contributed by atoms with van der Waals surface area (Å²) in [4.78, 5) is 22.5. The van der Waals surface area contributed by atoms with Gasteiger partial charge in [0.2, 0.25) is 0 Å². The number of carbonyl (C=O) groups is 1. The summed E-state index contributed by atoms with van der Waals surface area (Å²) in [5, 5.41) is 2.86. The second kappa shape index (κ2) is 6.70. The Bertz CT molecular complexity index is 893. The Morgan fingerprint density at radius 1 is 1.32 bits per heavy atom. The fourth-order valence-electron chi connectivity index (χ4n) is 2.98. The fraction of sp³-hybridized carbons (Fsp3) is 0.333. The minimum absolute atomic E-state index is 0.255. The van der Waals surface area contributed by atoms with E-state index in [1.807, 2.05) is 25.1 Å². The van der Waals surface area contributed by atoms with E-state index in [2.05, 4.69) is 20.2 Å². The van der Waals surface area contributed by atoms with Crippen molar-refractivity contribution in [2.24, 2.45) is 0 Å². The molecule has 0 bridgehead atoms. The molecule has 3 heterocycles. The Balaban J connectivity index is 1.50. The molecule has 7 heteroatoms. The number of nitrogens with one attached hydrogen (secondary N) is 2. The molecule has 7 nitrogen and oxygen atoms in total. The number of anilines is 1. The average Bonchev–Trinajstić information content (AvgIpc) is 3.21. The Hall–Kier alpha value is -2.64. The fourth-order valence-corrected chi connectivity index (χ4v) is 2.98. The zero-order chi connectivity index (χ0) is 17.2. The Labute approximate surface area is 145 Å². The van der Waals surface area contributed by atoms with Gasteiger partial charge in [0.05, 0.1) is 37.1 Å². The maximum absolute atomic E-state index is 12.3. The highest BCUT2D eigenvalue weighted by Gasteiger charge is 2.15. The van der Waals surface area contributed by atoms with Crippen molar-refractivity contribution in [2.45, 2.75) is 13.5 Å². The van der Waals surface area contributed by atoms with E-state index in [9.17, 15) is 4.79 Å². The van der Waals surface area contributed by atoms with Crippen molar-refractivity contribution in [3.8, 4) is 0 Å². The molecule has 1 amide bonds. The van der Waals surface area contributed by atoms with Gasteiger partial charge in [-0.3, -0.25) is 9.69 Å². The van der Waals surface area contributed by atoms with Gasteiger partial charge in [0.1, 0.15) is 5.82 Å². The second-order valence-corrected chi connectivity index (χ2v) is 6.19. The number of aromatic nitrogens is 2. The molecule has 25 heavy (non-hydrogen) atoms. The van der Waals surface area contributed by atoms with Gasteiger partial charge in [-0.15, -0.1) is 0 Å². The summed E-state index contributed by atoms with van der Waals surface area (Å²) in [6, 6.07) is 7.41. The molecule has 1 aliphatic rings. The molecule has 1 aromatic carbocycles. The lowest BCUT2D eigenvalue weighted by Crippen LogP contribution is -2.35. The van der Waals surface area contributed by atoms with E-state index >= 15 is 0 Å². The number of H-pyrrole nitrogens is 1. The number of rotatable bonds is 4. The van der Waals surface area contributed by atoms with E-state index in [0.29, 0.717) is 11.4 Å². The first-order valence-electron chi connectivity index (χ1n) is 8.33. The van der Waals surface area contributed by atoms with Crippen LogP contribution in [0.15, 0.2) is 34.9 Å². The van der Waals surface area contributed by atoms with E-state index in [4.69, 9.17) is 9.15 Å². The van der Waals surface area contributed by atoms with Gasteiger partial charge in [0.15, 0.2) is 5.76 Å². The third-order valence-corrected chi connectivity index (χ3v) is 4.33. The van der Waals surface area contributed by atoms with Gasteiger partial charge in [0.25, 0.3) is 5.91 Å². The topological polar surface area (TPSA) is 83.4 Å². The second-order valence-electron chi connectivity index (χ2n) is 6.19. The van der Waals surface area contributed by atoms with Gasteiger partial charge >= 0.3 is 0 Å². The lowest BCUT2D eigenvalue weighted by atomic mass is 10.2. The monoisotopic (exact) mass is 340 g/mol. The lowest BCUT2D eigenvalue weighted by molar-refractivity contribution is 0.0332. The van der Waals surface area contributed by atoms with Crippen LogP contribution in [0.5, 0.6) is 0 Å². The molecule has 1 fully saturated rings. The highest BCUT2D eigenvalue weighted by atomic mass is 16.5. The number of aromatic amines is 1. The number of furan rings is 1. The van der Waals surface area contributed by atoms with Crippen molar-refractivity contribution in [3.05, 3.63) is 47.7 Å². The molecule has 130 valence electrons. The van der Waals surface area contributed by atoms with Crippen molar-refractivity contribution < 1.29 is 13.9 Å². The molecule has 1 aliphatic heterocycles. The van der Waals surface area contributed by atoms with E-state index in [-0.39, 0.29) is 5.91 Å². The summed E-state index contributed by atoms with van der Waals surface area (Å²) in [6.07, 6.45) is 1.51. The van der Waals surface area contributed by atoms with Crippen LogP contribution in [-0.4, -0.2) is 47.1 Å². The summed E-state index contributed by atoms with van der Waals surface area (Å²) in [5.41, 5.74) is 3.30. The highest BCUT2D eigenvalue weighted by Crippen LogP contribution is 2.19. The summed E-state index contributed by atoms with van der Waals surface area (Å²) in [5.74, 6) is 0.995. The van der Waals surface area contributed by atoms with Crippen molar-refractivity contribution >= 4 is 22.6 Å². The number of aryl methyl sites for hydroxylation is 1. The standard InChI is InChI=1S/C18H20N4O3/c1-12-4-7-25-17(12)18(23)19-13-2-3-14-15(10-13)21-16(20-14)11-22-5-8-24-9-6-22/h2-4,7,10H,5-6,8-9,11H2,1H3,(H,19,23)(H,20,21). The molecular weight excluding hydrogens is 320 g/mol. The van der Waals surface area contributed by atoms with Gasteiger partial charge in [-0.25, -0.2) is 4.98 Å². The van der Waals surface area contributed by atoms with Gasteiger partial charge < -0.3 is 19.5 Å². The smallest absolute Gasteiger partial charge is 0.291 e. The summed E-state index contributed by atoms with van der Waals surface area (Å²) >= 11 is 0. The van der Waals surface area contributed by atoms with Crippen LogP contribution in [0.3, 0.4) is 0 Å². The summed E-state index contributed by atoms with van der Waals surface area (Å²) < 4.78 is 10.6. The molecule has 0 unspecified atom stereocenters. The van der Waals surface area contributed by atoms with Crippen LogP contribution in [0.25, 0.3) is 11.0 Å². The molecule has 0 saturated carbocycles. The van der Waals surface area contributed by atoms with E-state index in [0.717, 1.165) is 55.3 Å². The summed E-state index contributed by atoms with van der Waals surface area (Å²) in [7, 11) is 0. The van der Waals surface area contributed by atoms with Crippen molar-refractivity contribution in [1.29, 1.82) is 0 Å². The van der Waals surface area contributed by atoms with Crippen molar-refractivity contribution in [1.82, 2.24) is 14.9 Å². The number of benzene rings is 1. The molecule has 2 aromatic heterocycles. The van der Waals surface area contributed by atoms with Crippen LogP contribution in [0.4, 0.5) is 5.69 Å². The number of amides is 1. The first-order valence-corrected chi connectivity index (χ1v) is 8.33. The Morgan fingerprint density at radius 2 is 2.16 bits per heavy atom. The number of imidazole rings is 1. The number of ether oxygens (including phenoxy) is 1. The maximum Gasteiger partial charge on any atom is 0.291 e. The van der Waals surface area contributed by atoms with Crippen LogP contribution in [-0.2, 0) is 11.3 Å². The van der Waals surface area contributed by atoms with Crippen LogP contribution >= 0.6 is 0 Å². The van der Waals surface area contributed by atoms with E-state index < -0.39 is 0 Å². The predicted octanol–water partition coefficient (Wildman–Crippen LogP) is 2.55. The van der Waals surface area contributed by atoms with E-state index in [1.165, 1.54) is 6.26 Å². The average molecular weight is 340 g/mol. The van der Waals surface area contributed by atoms with Crippen LogP contribution < -0.4 is 5.32 Å². The zero-order valence-corrected chi connectivity index (χ0v) is 14.0. The SMILES string of the molecule is Cc1ccoc1C(=O)Nc1ccc2nc(CN3CCOCC3)[nH]c2c1. The largest absolute Gasteiger partial charge is 0.459 e. The summed E-state index contributed by atoms with van der Waals surface area (Å²) in [6.45, 7) is 5.98. The molecule has 4 rings (SSSR count). The zero-order valence-electron chi connectivity index (χ0n) is 14.0. The first-order chi connectivity index (χ1) is 12.2. The third-order valence-electron chi connectivity index (χ3n) is 4.33. The third kappa shape index (κ3) is 3.42. The molecular formula is C18H20N4O3. The Morgan fingerprint density at radius 3 is 2.92 bits per heavy atom. The number of fused-ring (bicyclic) bond motifs is 1. The number of morpholine rings is 1. The van der Waals surface area contributed by atoms with Gasteiger partial charge in [0, 0.05) is 24.3 Å². The van der Waals surface area contributed by atoms with Crippen LogP contribution in [0.2, 0.25) is 0 Å². The van der Waals surface area contributed by atoms with E-state index in [1.54, 1.807) is 6.07 Å². The van der Waals surface area contributed by atoms with Crippen LogP contribution in [0, 0.1) is 6.92 Å². The van der Waals surface area contributed by atoms with Crippen molar-refractivity contribution in [2.75, 3.05) is 31.6 Å². The number of nitrogens with zero attached hydrogens (tertiary/aromatic N) is 2. The quantitative estimate of drug-likeness (QED) is 0.762. The normalized spacial score (nSPS) is 15.6. The molecule has 0 radical (unpaired) electrons. The number of hydrogen-bond donors (Lipinski definition) is 2. The molecule has 1 saturated heterocycles. The molecule has 0 aliphatic carbocycles. The Kier molecular flexibility index (Phi) is 4.25.